The lowest BCUT2D eigenvalue weighted by Crippen LogP contribution is -2.00. The minimum atomic E-state index is 0.436. The molecule has 1 aromatic heterocycles. The number of benzene rings is 1. The number of aromatic nitrogens is 1. The average Bonchev–Trinajstić information content (AvgIpc) is 2.28. The third-order valence-electron chi connectivity index (χ3n) is 2.05. The van der Waals surface area contributed by atoms with E-state index in [1.807, 2.05) is 30.3 Å². The standard InChI is InChI=1S/C12H11IN2O/c13-11-3-1-2-4-12(11)16-8-10-7-9(14)5-6-15-10/h1-7H,8H2,(H2,14,15). The van der Waals surface area contributed by atoms with Crippen molar-refractivity contribution >= 4 is 28.3 Å². The van der Waals surface area contributed by atoms with Crippen molar-refractivity contribution in [3.05, 3.63) is 51.9 Å². The Balaban J connectivity index is 2.05. The second kappa shape index (κ2) is 5.16. The van der Waals surface area contributed by atoms with Crippen LogP contribution in [0.5, 0.6) is 5.75 Å². The second-order valence-electron chi connectivity index (χ2n) is 3.30. The third-order valence-corrected chi connectivity index (χ3v) is 2.94. The highest BCUT2D eigenvalue weighted by Crippen LogP contribution is 2.20. The van der Waals surface area contributed by atoms with Crippen LogP contribution in [0.25, 0.3) is 0 Å². The van der Waals surface area contributed by atoms with E-state index >= 15 is 0 Å². The number of anilines is 1. The van der Waals surface area contributed by atoms with Gasteiger partial charge in [-0.1, -0.05) is 12.1 Å². The van der Waals surface area contributed by atoms with Crippen LogP contribution in [0.2, 0.25) is 0 Å². The Kier molecular flexibility index (Phi) is 3.61. The molecule has 0 bridgehead atoms. The zero-order valence-corrected chi connectivity index (χ0v) is 10.7. The molecule has 0 fully saturated rings. The van der Waals surface area contributed by atoms with Gasteiger partial charge in [0, 0.05) is 11.9 Å². The van der Waals surface area contributed by atoms with Crippen molar-refractivity contribution in [2.75, 3.05) is 5.73 Å². The van der Waals surface area contributed by atoms with Gasteiger partial charge in [-0.15, -0.1) is 0 Å². The molecule has 0 radical (unpaired) electrons. The molecule has 3 nitrogen and oxygen atoms in total. The maximum Gasteiger partial charge on any atom is 0.133 e. The predicted octanol–water partition coefficient (Wildman–Crippen LogP) is 2.85. The largest absolute Gasteiger partial charge is 0.486 e. The Hall–Kier alpha value is -1.30. The van der Waals surface area contributed by atoms with Crippen LogP contribution >= 0.6 is 22.6 Å². The van der Waals surface area contributed by atoms with Crippen molar-refractivity contribution in [2.24, 2.45) is 0 Å². The van der Waals surface area contributed by atoms with Crippen molar-refractivity contribution < 1.29 is 4.74 Å². The molecular formula is C12H11IN2O. The van der Waals surface area contributed by atoms with E-state index in [-0.39, 0.29) is 0 Å². The highest BCUT2D eigenvalue weighted by molar-refractivity contribution is 14.1. The summed E-state index contributed by atoms with van der Waals surface area (Å²) in [4.78, 5) is 4.18. The van der Waals surface area contributed by atoms with E-state index in [1.54, 1.807) is 12.3 Å². The summed E-state index contributed by atoms with van der Waals surface area (Å²) >= 11 is 2.24. The van der Waals surface area contributed by atoms with E-state index in [9.17, 15) is 0 Å². The molecular weight excluding hydrogens is 315 g/mol. The number of hydrogen-bond acceptors (Lipinski definition) is 3. The third kappa shape index (κ3) is 2.85. The smallest absolute Gasteiger partial charge is 0.133 e. The molecule has 1 heterocycles. The fraction of sp³-hybridized carbons (Fsp3) is 0.0833. The molecule has 82 valence electrons. The number of nitrogen functional groups attached to an aromatic ring is 1. The number of hydrogen-bond donors (Lipinski definition) is 1. The molecule has 2 N–H and O–H groups in total. The quantitative estimate of drug-likeness (QED) is 0.883. The molecule has 0 atom stereocenters. The molecule has 16 heavy (non-hydrogen) atoms. The number of rotatable bonds is 3. The van der Waals surface area contributed by atoms with Gasteiger partial charge in [0.25, 0.3) is 0 Å². The van der Waals surface area contributed by atoms with Gasteiger partial charge in [0.15, 0.2) is 0 Å². The Morgan fingerprint density at radius 1 is 1.25 bits per heavy atom. The van der Waals surface area contributed by atoms with Gasteiger partial charge in [0.1, 0.15) is 12.4 Å². The predicted molar refractivity (Wildman–Crippen MR) is 72.1 cm³/mol. The van der Waals surface area contributed by atoms with Crippen LogP contribution in [-0.4, -0.2) is 4.98 Å². The summed E-state index contributed by atoms with van der Waals surface area (Å²) in [7, 11) is 0. The molecule has 0 unspecified atom stereocenters. The Morgan fingerprint density at radius 3 is 2.81 bits per heavy atom. The Bertz CT molecular complexity index is 488. The van der Waals surface area contributed by atoms with Crippen LogP contribution in [0.3, 0.4) is 0 Å². The van der Waals surface area contributed by atoms with Crippen molar-refractivity contribution in [1.82, 2.24) is 4.98 Å². The lowest BCUT2D eigenvalue weighted by molar-refractivity contribution is 0.299. The fourth-order valence-corrected chi connectivity index (χ4v) is 1.83. The SMILES string of the molecule is Nc1ccnc(COc2ccccc2I)c1. The number of para-hydroxylation sites is 1. The van der Waals surface area contributed by atoms with Gasteiger partial charge in [-0.3, -0.25) is 4.98 Å². The molecule has 4 heteroatoms. The topological polar surface area (TPSA) is 48.1 Å². The van der Waals surface area contributed by atoms with E-state index in [0.717, 1.165) is 15.0 Å². The molecule has 0 aliphatic heterocycles. The number of ether oxygens (including phenoxy) is 1. The molecule has 2 aromatic rings. The van der Waals surface area contributed by atoms with Gasteiger partial charge in [-0.25, -0.2) is 0 Å². The highest BCUT2D eigenvalue weighted by Gasteiger charge is 2.00. The summed E-state index contributed by atoms with van der Waals surface area (Å²) in [6.45, 7) is 0.436. The van der Waals surface area contributed by atoms with Crippen LogP contribution in [-0.2, 0) is 6.61 Å². The minimum Gasteiger partial charge on any atom is -0.486 e. The van der Waals surface area contributed by atoms with Crippen molar-refractivity contribution in [3.63, 3.8) is 0 Å². The first-order valence-corrected chi connectivity index (χ1v) is 5.91. The molecule has 0 saturated heterocycles. The maximum absolute atomic E-state index is 5.66. The molecule has 1 aromatic carbocycles. The van der Waals surface area contributed by atoms with Gasteiger partial charge < -0.3 is 10.5 Å². The zero-order chi connectivity index (χ0) is 11.4. The lowest BCUT2D eigenvalue weighted by atomic mass is 10.3. The monoisotopic (exact) mass is 326 g/mol. The summed E-state index contributed by atoms with van der Waals surface area (Å²) in [5, 5.41) is 0. The van der Waals surface area contributed by atoms with Gasteiger partial charge in [0.05, 0.1) is 9.26 Å². The Morgan fingerprint density at radius 2 is 2.06 bits per heavy atom. The lowest BCUT2D eigenvalue weighted by Gasteiger charge is -2.07. The highest BCUT2D eigenvalue weighted by atomic mass is 127. The summed E-state index contributed by atoms with van der Waals surface area (Å²) in [6, 6.07) is 11.4. The van der Waals surface area contributed by atoms with Gasteiger partial charge >= 0.3 is 0 Å². The number of nitrogens with zero attached hydrogens (tertiary/aromatic N) is 1. The molecule has 0 saturated carbocycles. The summed E-state index contributed by atoms with van der Waals surface area (Å²) in [5.74, 6) is 0.868. The number of pyridine rings is 1. The van der Waals surface area contributed by atoms with Crippen molar-refractivity contribution in [3.8, 4) is 5.75 Å². The maximum atomic E-state index is 5.66. The molecule has 0 aliphatic rings. The first-order valence-electron chi connectivity index (χ1n) is 4.83. The summed E-state index contributed by atoms with van der Waals surface area (Å²) in [5.41, 5.74) is 7.20. The normalized spacial score (nSPS) is 10.1. The van der Waals surface area contributed by atoms with Crippen molar-refractivity contribution in [2.45, 2.75) is 6.61 Å². The summed E-state index contributed by atoms with van der Waals surface area (Å²) < 4.78 is 6.74. The van der Waals surface area contributed by atoms with Gasteiger partial charge in [0.2, 0.25) is 0 Å². The number of nitrogens with two attached hydrogens (primary N) is 1. The van der Waals surface area contributed by atoms with Gasteiger partial charge in [-0.2, -0.15) is 0 Å². The molecule has 0 amide bonds. The van der Waals surface area contributed by atoms with E-state index in [1.165, 1.54) is 0 Å². The first kappa shape index (κ1) is 11.2. The molecule has 0 spiro atoms. The fourth-order valence-electron chi connectivity index (χ4n) is 1.29. The van der Waals surface area contributed by atoms with Crippen LogP contribution < -0.4 is 10.5 Å². The second-order valence-corrected chi connectivity index (χ2v) is 4.46. The minimum absolute atomic E-state index is 0.436. The first-order chi connectivity index (χ1) is 7.75. The molecule has 0 aliphatic carbocycles. The van der Waals surface area contributed by atoms with E-state index in [4.69, 9.17) is 10.5 Å². The molecule has 2 rings (SSSR count). The van der Waals surface area contributed by atoms with Crippen LogP contribution in [0, 0.1) is 3.57 Å². The van der Waals surface area contributed by atoms with Crippen molar-refractivity contribution in [1.29, 1.82) is 0 Å². The average molecular weight is 326 g/mol. The zero-order valence-electron chi connectivity index (χ0n) is 8.56. The van der Waals surface area contributed by atoms with E-state index in [2.05, 4.69) is 27.6 Å². The van der Waals surface area contributed by atoms with Crippen LogP contribution in [0.15, 0.2) is 42.6 Å². The Labute approximate surface area is 108 Å². The van der Waals surface area contributed by atoms with E-state index in [0.29, 0.717) is 12.3 Å². The van der Waals surface area contributed by atoms with Gasteiger partial charge in [-0.05, 0) is 46.9 Å². The van der Waals surface area contributed by atoms with E-state index < -0.39 is 0 Å². The summed E-state index contributed by atoms with van der Waals surface area (Å²) in [6.07, 6.45) is 1.68. The van der Waals surface area contributed by atoms with Crippen LogP contribution in [0.1, 0.15) is 5.69 Å². The number of halogens is 1. The van der Waals surface area contributed by atoms with Crippen LogP contribution in [0.4, 0.5) is 5.69 Å².